The molecule has 13 heavy (non-hydrogen) atoms. The quantitative estimate of drug-likeness (QED) is 0.392. The Kier molecular flexibility index (Phi) is 6.07. The molecule has 0 aliphatic rings. The first-order chi connectivity index (χ1) is 6.18. The molecule has 1 atom stereocenters. The Morgan fingerprint density at radius 3 is 2.77 bits per heavy atom. The third-order valence-corrected chi connectivity index (χ3v) is 2.88. The second-order valence-corrected chi connectivity index (χ2v) is 4.56. The first-order valence-electron chi connectivity index (χ1n) is 3.91. The molecule has 0 heterocycles. The van der Waals surface area contributed by atoms with Crippen LogP contribution in [0, 0.1) is 11.6 Å². The summed E-state index contributed by atoms with van der Waals surface area (Å²) in [5, 5.41) is 0. The maximum absolute atomic E-state index is 11.8. The minimum absolute atomic E-state index is 0.138. The second-order valence-electron chi connectivity index (χ2n) is 2.23. The van der Waals surface area contributed by atoms with E-state index in [-0.39, 0.29) is 6.35 Å². The average Bonchev–Trinajstić information content (AvgIpc) is 2.12. The molecule has 3 heteroatoms. The third-order valence-electron chi connectivity index (χ3n) is 1.16. The highest BCUT2D eigenvalue weighted by Gasteiger charge is 2.14. The molecular formula is C10H13O2P. The smallest absolute Gasteiger partial charge is 0.208 e. The summed E-state index contributed by atoms with van der Waals surface area (Å²) in [5.41, 5.74) is 7.58. The summed E-state index contributed by atoms with van der Waals surface area (Å²) in [7, 11) is -2.67. The van der Waals surface area contributed by atoms with E-state index in [2.05, 4.69) is 29.6 Å². The van der Waals surface area contributed by atoms with Crippen LogP contribution in [0.4, 0.5) is 0 Å². The van der Waals surface area contributed by atoms with Gasteiger partial charge in [-0.25, -0.2) is 0 Å². The van der Waals surface area contributed by atoms with Gasteiger partial charge in [0.05, 0.1) is 0 Å². The van der Waals surface area contributed by atoms with Crippen molar-refractivity contribution in [1.29, 1.82) is 0 Å². The van der Waals surface area contributed by atoms with Gasteiger partial charge in [0.2, 0.25) is 7.14 Å². The molecule has 1 unspecified atom stereocenters. The van der Waals surface area contributed by atoms with Crippen LogP contribution in [0.3, 0.4) is 0 Å². The SMILES string of the molecule is C=C=C=CP(=O)(C#CC)COCC. The average molecular weight is 196 g/mol. The molecular weight excluding hydrogens is 183 g/mol. The predicted molar refractivity (Wildman–Crippen MR) is 54.8 cm³/mol. The Balaban J connectivity index is 4.70. The van der Waals surface area contributed by atoms with Crippen LogP contribution < -0.4 is 0 Å². The molecule has 0 fully saturated rings. The highest BCUT2D eigenvalue weighted by molar-refractivity contribution is 7.71. The fourth-order valence-electron chi connectivity index (χ4n) is 0.668. The van der Waals surface area contributed by atoms with Gasteiger partial charge in [0, 0.05) is 12.4 Å². The fraction of sp³-hybridized carbons (Fsp3) is 0.400. The lowest BCUT2D eigenvalue weighted by molar-refractivity contribution is 0.193. The van der Waals surface area contributed by atoms with Gasteiger partial charge in [-0.2, -0.15) is 0 Å². The van der Waals surface area contributed by atoms with E-state index in [0.717, 1.165) is 0 Å². The number of ether oxygens (including phenoxy) is 1. The molecule has 0 aromatic rings. The van der Waals surface area contributed by atoms with Gasteiger partial charge in [0.15, 0.2) is 0 Å². The molecule has 70 valence electrons. The van der Waals surface area contributed by atoms with E-state index in [1.807, 2.05) is 6.92 Å². The normalized spacial score (nSPS) is 12.8. The van der Waals surface area contributed by atoms with Gasteiger partial charge in [0.25, 0.3) is 0 Å². The zero-order valence-corrected chi connectivity index (χ0v) is 8.86. The van der Waals surface area contributed by atoms with Crippen molar-refractivity contribution < 1.29 is 9.30 Å². The van der Waals surface area contributed by atoms with Gasteiger partial charge < -0.3 is 9.30 Å². The van der Waals surface area contributed by atoms with Gasteiger partial charge >= 0.3 is 0 Å². The van der Waals surface area contributed by atoms with Gasteiger partial charge in [0.1, 0.15) is 6.35 Å². The molecule has 0 aromatic carbocycles. The van der Waals surface area contributed by atoms with Crippen molar-refractivity contribution in [3.63, 3.8) is 0 Å². The van der Waals surface area contributed by atoms with Crippen LogP contribution in [0.2, 0.25) is 0 Å². The summed E-state index contributed by atoms with van der Waals surface area (Å²) in [6, 6.07) is 0. The van der Waals surface area contributed by atoms with Crippen LogP contribution >= 0.6 is 7.14 Å². The van der Waals surface area contributed by atoms with Crippen molar-refractivity contribution in [2.45, 2.75) is 13.8 Å². The second kappa shape index (κ2) is 6.55. The van der Waals surface area contributed by atoms with Crippen molar-refractivity contribution >= 4 is 7.14 Å². The van der Waals surface area contributed by atoms with Crippen LogP contribution in [-0.4, -0.2) is 13.0 Å². The number of hydrogen-bond acceptors (Lipinski definition) is 2. The zero-order valence-electron chi connectivity index (χ0n) is 7.96. The Morgan fingerprint density at radius 1 is 1.62 bits per heavy atom. The summed E-state index contributed by atoms with van der Waals surface area (Å²) in [4.78, 5) is 0. The minimum Gasteiger partial charge on any atom is -0.373 e. The molecule has 0 aromatic heterocycles. The molecule has 0 bridgehead atoms. The van der Waals surface area contributed by atoms with E-state index in [4.69, 9.17) is 4.74 Å². The van der Waals surface area contributed by atoms with Gasteiger partial charge in [-0.3, -0.25) is 0 Å². The zero-order chi connectivity index (χ0) is 10.2. The van der Waals surface area contributed by atoms with Gasteiger partial charge in [-0.1, -0.05) is 17.4 Å². The predicted octanol–water partition coefficient (Wildman–Crippen LogP) is 2.78. The summed E-state index contributed by atoms with van der Waals surface area (Å²) >= 11 is 0. The van der Waals surface area contributed by atoms with Crippen LogP contribution in [0.25, 0.3) is 0 Å². The highest BCUT2D eigenvalue weighted by Crippen LogP contribution is 2.45. The van der Waals surface area contributed by atoms with E-state index in [0.29, 0.717) is 6.61 Å². The molecule has 0 saturated heterocycles. The van der Waals surface area contributed by atoms with Gasteiger partial charge in [-0.05, 0) is 26.1 Å². The minimum atomic E-state index is -2.67. The summed E-state index contributed by atoms with van der Waals surface area (Å²) in [5.74, 6) is 4.01. The molecule has 0 aliphatic carbocycles. The fourth-order valence-corrected chi connectivity index (χ4v) is 2.00. The lowest BCUT2D eigenvalue weighted by Gasteiger charge is -2.04. The van der Waals surface area contributed by atoms with E-state index >= 15 is 0 Å². The molecule has 0 amide bonds. The first kappa shape index (κ1) is 12.0. The van der Waals surface area contributed by atoms with Crippen molar-refractivity contribution in [2.75, 3.05) is 13.0 Å². The lowest BCUT2D eigenvalue weighted by atomic mass is 10.8. The highest BCUT2D eigenvalue weighted by atomic mass is 31.2. The third kappa shape index (κ3) is 5.31. The van der Waals surface area contributed by atoms with Crippen LogP contribution in [0.1, 0.15) is 13.8 Å². The van der Waals surface area contributed by atoms with Crippen LogP contribution in [-0.2, 0) is 9.30 Å². The van der Waals surface area contributed by atoms with E-state index in [1.165, 1.54) is 5.82 Å². The monoisotopic (exact) mass is 196 g/mol. The van der Waals surface area contributed by atoms with Crippen molar-refractivity contribution in [2.24, 2.45) is 0 Å². The van der Waals surface area contributed by atoms with E-state index < -0.39 is 7.14 Å². The Morgan fingerprint density at radius 2 is 2.31 bits per heavy atom. The molecule has 0 N–H and O–H groups in total. The van der Waals surface area contributed by atoms with E-state index in [9.17, 15) is 4.57 Å². The largest absolute Gasteiger partial charge is 0.373 e. The summed E-state index contributed by atoms with van der Waals surface area (Å²) in [6.07, 6.45) is 0.138. The van der Waals surface area contributed by atoms with Crippen molar-refractivity contribution in [3.8, 4) is 11.6 Å². The summed E-state index contributed by atoms with van der Waals surface area (Å²) < 4.78 is 16.9. The maximum atomic E-state index is 11.8. The molecule has 0 aliphatic heterocycles. The van der Waals surface area contributed by atoms with Gasteiger partial charge in [-0.15, -0.1) is 0 Å². The van der Waals surface area contributed by atoms with Crippen molar-refractivity contribution in [1.82, 2.24) is 0 Å². The topological polar surface area (TPSA) is 26.3 Å². The Hall–Kier alpha value is -0.950. The Bertz CT molecular complexity index is 334. The standard InChI is InChI=1S/C10H13O2P/c1-4-7-9-13(11,8-5-2)10-12-6-3/h9H,1,6,10H2,2-3H3. The maximum Gasteiger partial charge on any atom is 0.208 e. The lowest BCUT2D eigenvalue weighted by Crippen LogP contribution is -1.91. The molecule has 0 spiro atoms. The molecule has 2 nitrogen and oxygen atoms in total. The summed E-state index contributed by atoms with van der Waals surface area (Å²) in [6.45, 7) is 7.34. The molecule has 0 saturated carbocycles. The van der Waals surface area contributed by atoms with Crippen LogP contribution in [0.5, 0.6) is 0 Å². The first-order valence-corrected chi connectivity index (χ1v) is 5.87. The van der Waals surface area contributed by atoms with E-state index in [1.54, 1.807) is 6.92 Å². The number of rotatable bonds is 4. The van der Waals surface area contributed by atoms with Crippen LogP contribution in [0.15, 0.2) is 23.9 Å². The number of hydrogen-bond donors (Lipinski definition) is 0. The molecule has 0 radical (unpaired) electrons. The Labute approximate surface area is 79.4 Å². The molecule has 0 rings (SSSR count). The van der Waals surface area contributed by atoms with Crippen molar-refractivity contribution in [3.05, 3.63) is 23.9 Å².